The Morgan fingerprint density at radius 1 is 1.27 bits per heavy atom. The molecule has 0 aromatic heterocycles. The standard InChI is InChI=1S/C11H13NO3/c13-12-7-8-2-3-9-10(6-8)15-11(14-9)4-1-5-11/h2-3,6,12-13H,1,4-5,7H2. The quantitative estimate of drug-likeness (QED) is 0.726. The van der Waals surface area contributed by atoms with Crippen LogP contribution >= 0.6 is 0 Å². The fourth-order valence-electron chi connectivity index (χ4n) is 2.01. The van der Waals surface area contributed by atoms with Crippen LogP contribution in [-0.4, -0.2) is 11.0 Å². The molecule has 3 rings (SSSR count). The van der Waals surface area contributed by atoms with Crippen molar-refractivity contribution < 1.29 is 14.7 Å². The summed E-state index contributed by atoms with van der Waals surface area (Å²) in [6.07, 6.45) is 3.10. The second-order valence-electron chi connectivity index (χ2n) is 4.08. The summed E-state index contributed by atoms with van der Waals surface area (Å²) in [5.41, 5.74) is 3.11. The highest BCUT2D eigenvalue weighted by Crippen LogP contribution is 2.48. The minimum atomic E-state index is -0.367. The van der Waals surface area contributed by atoms with E-state index in [0.29, 0.717) is 6.54 Å². The van der Waals surface area contributed by atoms with Gasteiger partial charge >= 0.3 is 0 Å². The molecule has 80 valence electrons. The van der Waals surface area contributed by atoms with E-state index in [2.05, 4.69) is 5.48 Å². The summed E-state index contributed by atoms with van der Waals surface area (Å²) in [6, 6.07) is 5.73. The van der Waals surface area contributed by atoms with Gasteiger partial charge in [0.05, 0.1) is 0 Å². The fraction of sp³-hybridized carbons (Fsp3) is 0.455. The number of benzene rings is 1. The van der Waals surface area contributed by atoms with Crippen molar-refractivity contribution in [2.45, 2.75) is 31.6 Å². The molecule has 0 bridgehead atoms. The Hall–Kier alpha value is -1.26. The molecular formula is C11H13NO3. The zero-order chi connectivity index (χ0) is 10.3. The van der Waals surface area contributed by atoms with E-state index < -0.39 is 0 Å². The topological polar surface area (TPSA) is 50.7 Å². The lowest BCUT2D eigenvalue weighted by Gasteiger charge is -2.35. The first-order chi connectivity index (χ1) is 7.31. The zero-order valence-electron chi connectivity index (χ0n) is 8.32. The summed E-state index contributed by atoms with van der Waals surface area (Å²) in [5, 5.41) is 8.61. The summed E-state index contributed by atoms with van der Waals surface area (Å²) in [7, 11) is 0. The average Bonchev–Trinajstić information content (AvgIpc) is 2.56. The molecule has 1 aromatic rings. The molecule has 1 saturated carbocycles. The third kappa shape index (κ3) is 1.37. The summed E-state index contributed by atoms with van der Waals surface area (Å²) >= 11 is 0. The number of ether oxygens (including phenoxy) is 2. The van der Waals surface area contributed by atoms with Crippen LogP contribution in [0.2, 0.25) is 0 Å². The largest absolute Gasteiger partial charge is 0.448 e. The maximum absolute atomic E-state index is 8.61. The molecule has 2 N–H and O–H groups in total. The molecule has 0 saturated heterocycles. The van der Waals surface area contributed by atoms with E-state index in [-0.39, 0.29) is 5.79 Å². The Morgan fingerprint density at radius 3 is 2.73 bits per heavy atom. The van der Waals surface area contributed by atoms with Crippen molar-refractivity contribution in [1.29, 1.82) is 0 Å². The van der Waals surface area contributed by atoms with Gasteiger partial charge in [0.1, 0.15) is 0 Å². The van der Waals surface area contributed by atoms with Crippen LogP contribution in [0, 0.1) is 0 Å². The first kappa shape index (κ1) is 9.00. The van der Waals surface area contributed by atoms with Gasteiger partial charge in [-0.2, -0.15) is 0 Å². The number of fused-ring (bicyclic) bond motifs is 1. The van der Waals surface area contributed by atoms with Crippen LogP contribution in [0.15, 0.2) is 18.2 Å². The molecule has 4 nitrogen and oxygen atoms in total. The Bertz CT molecular complexity index is 387. The van der Waals surface area contributed by atoms with E-state index >= 15 is 0 Å². The van der Waals surface area contributed by atoms with Gasteiger partial charge in [-0.25, -0.2) is 5.48 Å². The van der Waals surface area contributed by atoms with Gasteiger partial charge in [0.25, 0.3) is 5.79 Å². The number of hydrogen-bond acceptors (Lipinski definition) is 4. The lowest BCUT2D eigenvalue weighted by atomic mass is 9.91. The van der Waals surface area contributed by atoms with Gasteiger partial charge < -0.3 is 14.7 Å². The highest BCUT2D eigenvalue weighted by atomic mass is 16.7. The molecule has 2 aliphatic rings. The fourth-order valence-corrected chi connectivity index (χ4v) is 2.01. The van der Waals surface area contributed by atoms with Crippen LogP contribution in [-0.2, 0) is 6.54 Å². The summed E-state index contributed by atoms with van der Waals surface area (Å²) in [4.78, 5) is 0. The minimum absolute atomic E-state index is 0.367. The number of hydroxylamine groups is 1. The highest BCUT2D eigenvalue weighted by Gasteiger charge is 2.47. The van der Waals surface area contributed by atoms with Gasteiger partial charge in [-0.3, -0.25) is 0 Å². The smallest absolute Gasteiger partial charge is 0.251 e. The van der Waals surface area contributed by atoms with Crippen LogP contribution in [0.4, 0.5) is 0 Å². The van der Waals surface area contributed by atoms with Crippen molar-refractivity contribution in [3.8, 4) is 11.5 Å². The van der Waals surface area contributed by atoms with Crippen LogP contribution in [0.1, 0.15) is 24.8 Å². The third-order valence-corrected chi connectivity index (χ3v) is 3.00. The molecule has 0 amide bonds. The van der Waals surface area contributed by atoms with E-state index in [1.165, 1.54) is 6.42 Å². The molecule has 0 radical (unpaired) electrons. The first-order valence-electron chi connectivity index (χ1n) is 5.19. The van der Waals surface area contributed by atoms with Crippen molar-refractivity contribution in [1.82, 2.24) is 5.48 Å². The van der Waals surface area contributed by atoms with Gasteiger partial charge in [-0.05, 0) is 24.1 Å². The van der Waals surface area contributed by atoms with Gasteiger partial charge in [0, 0.05) is 19.4 Å². The predicted molar refractivity (Wildman–Crippen MR) is 52.9 cm³/mol. The second kappa shape index (κ2) is 3.12. The SMILES string of the molecule is ONCc1ccc2c(c1)OC1(CCC1)O2. The lowest BCUT2D eigenvalue weighted by Crippen LogP contribution is -2.45. The maximum atomic E-state index is 8.61. The Labute approximate surface area is 87.8 Å². The van der Waals surface area contributed by atoms with Crippen LogP contribution in [0.5, 0.6) is 11.5 Å². The van der Waals surface area contributed by atoms with Gasteiger partial charge in [-0.1, -0.05) is 6.07 Å². The van der Waals surface area contributed by atoms with Crippen molar-refractivity contribution in [3.05, 3.63) is 23.8 Å². The predicted octanol–water partition coefficient (Wildman–Crippen LogP) is 1.82. The summed E-state index contributed by atoms with van der Waals surface area (Å²) in [6.45, 7) is 0.420. The molecule has 15 heavy (non-hydrogen) atoms. The van der Waals surface area contributed by atoms with Crippen LogP contribution in [0.25, 0.3) is 0 Å². The molecule has 1 fully saturated rings. The zero-order valence-corrected chi connectivity index (χ0v) is 8.32. The van der Waals surface area contributed by atoms with Crippen molar-refractivity contribution in [3.63, 3.8) is 0 Å². The molecule has 1 heterocycles. The maximum Gasteiger partial charge on any atom is 0.251 e. The van der Waals surface area contributed by atoms with E-state index in [9.17, 15) is 0 Å². The van der Waals surface area contributed by atoms with E-state index in [1.807, 2.05) is 18.2 Å². The lowest BCUT2D eigenvalue weighted by molar-refractivity contribution is -0.138. The van der Waals surface area contributed by atoms with E-state index in [4.69, 9.17) is 14.7 Å². The normalized spacial score (nSPS) is 20.3. The van der Waals surface area contributed by atoms with Crippen molar-refractivity contribution in [2.24, 2.45) is 0 Å². The molecule has 4 heteroatoms. The van der Waals surface area contributed by atoms with Crippen molar-refractivity contribution in [2.75, 3.05) is 0 Å². The molecule has 0 atom stereocenters. The van der Waals surface area contributed by atoms with E-state index in [0.717, 1.165) is 29.9 Å². The third-order valence-electron chi connectivity index (χ3n) is 3.00. The summed E-state index contributed by atoms with van der Waals surface area (Å²) in [5.74, 6) is 1.24. The first-order valence-corrected chi connectivity index (χ1v) is 5.19. The second-order valence-corrected chi connectivity index (χ2v) is 4.08. The van der Waals surface area contributed by atoms with Crippen LogP contribution < -0.4 is 15.0 Å². The Morgan fingerprint density at radius 2 is 2.07 bits per heavy atom. The molecular weight excluding hydrogens is 194 g/mol. The minimum Gasteiger partial charge on any atom is -0.448 e. The molecule has 1 aliphatic heterocycles. The molecule has 1 aliphatic carbocycles. The van der Waals surface area contributed by atoms with Gasteiger partial charge in [-0.15, -0.1) is 0 Å². The number of rotatable bonds is 2. The number of hydrogen-bond donors (Lipinski definition) is 2. The number of nitrogens with one attached hydrogen (secondary N) is 1. The average molecular weight is 207 g/mol. The molecule has 1 aromatic carbocycles. The Kier molecular flexibility index (Phi) is 1.87. The van der Waals surface area contributed by atoms with E-state index in [1.54, 1.807) is 0 Å². The molecule has 1 spiro atoms. The highest BCUT2D eigenvalue weighted by molar-refractivity contribution is 5.46. The van der Waals surface area contributed by atoms with Gasteiger partial charge in [0.2, 0.25) is 0 Å². The molecule has 0 unspecified atom stereocenters. The van der Waals surface area contributed by atoms with Crippen LogP contribution in [0.3, 0.4) is 0 Å². The van der Waals surface area contributed by atoms with Crippen molar-refractivity contribution >= 4 is 0 Å². The summed E-state index contributed by atoms with van der Waals surface area (Å²) < 4.78 is 11.5. The monoisotopic (exact) mass is 207 g/mol. The van der Waals surface area contributed by atoms with Gasteiger partial charge in [0.15, 0.2) is 11.5 Å². The Balaban J connectivity index is 1.86.